The van der Waals surface area contributed by atoms with Crippen molar-refractivity contribution in [1.29, 1.82) is 0 Å². The zero-order valence-electron chi connectivity index (χ0n) is 7.62. The predicted molar refractivity (Wildman–Crippen MR) is 41.5 cm³/mol. The van der Waals surface area contributed by atoms with Gasteiger partial charge < -0.3 is 15.2 Å². The fraction of sp³-hybridized carbons (Fsp3) is 0.875. The summed E-state index contributed by atoms with van der Waals surface area (Å²) < 4.78 is 39.3. The van der Waals surface area contributed by atoms with E-state index in [4.69, 9.17) is 0 Å². The van der Waals surface area contributed by atoms with Crippen LogP contribution in [0, 0.1) is 17.8 Å². The summed E-state index contributed by atoms with van der Waals surface area (Å²) >= 11 is 0. The topological polar surface area (TPSA) is 58.6 Å². The third kappa shape index (κ3) is 1.93. The number of carbonyl (C=O) groups is 1. The molecule has 15 heavy (non-hydrogen) atoms. The van der Waals surface area contributed by atoms with Gasteiger partial charge in [-0.3, -0.25) is 0 Å². The zero-order valence-corrected chi connectivity index (χ0v) is 7.62. The highest BCUT2D eigenvalue weighted by molar-refractivity contribution is 5.75. The summed E-state index contributed by atoms with van der Waals surface area (Å²) in [7, 11) is 0. The Morgan fingerprint density at radius 2 is 1.93 bits per heavy atom. The number of ether oxygens (including phenoxy) is 1. The molecule has 0 bridgehead atoms. The van der Waals surface area contributed by atoms with Crippen LogP contribution in [0.2, 0.25) is 0 Å². The Hall–Kier alpha value is -0.820. The molecular weight excluding hydrogens is 215 g/mol. The summed E-state index contributed by atoms with van der Waals surface area (Å²) in [5, 5.41) is 12.3. The third-order valence-electron chi connectivity index (χ3n) is 2.95. The number of esters is 1. The van der Waals surface area contributed by atoms with Crippen LogP contribution in [0.4, 0.5) is 13.2 Å². The SMILES string of the molecule is O=C(OC(O)C1C2CNCC21)C(F)(F)F. The molecule has 2 fully saturated rings. The van der Waals surface area contributed by atoms with Crippen molar-refractivity contribution in [3.05, 3.63) is 0 Å². The van der Waals surface area contributed by atoms with Gasteiger partial charge in [-0.05, 0) is 24.9 Å². The van der Waals surface area contributed by atoms with Gasteiger partial charge in [-0.2, -0.15) is 13.2 Å². The molecular formula is C8H10F3NO3. The highest BCUT2D eigenvalue weighted by Gasteiger charge is 2.58. The maximum absolute atomic E-state index is 11.8. The van der Waals surface area contributed by atoms with E-state index in [0.29, 0.717) is 13.1 Å². The van der Waals surface area contributed by atoms with Gasteiger partial charge in [0.15, 0.2) is 0 Å². The second-order valence-corrected chi connectivity index (χ2v) is 3.86. The average molecular weight is 225 g/mol. The van der Waals surface area contributed by atoms with Crippen molar-refractivity contribution in [2.75, 3.05) is 13.1 Å². The van der Waals surface area contributed by atoms with Crippen LogP contribution < -0.4 is 5.32 Å². The van der Waals surface area contributed by atoms with E-state index in [9.17, 15) is 23.1 Å². The number of piperidine rings is 1. The van der Waals surface area contributed by atoms with Gasteiger partial charge in [-0.25, -0.2) is 4.79 Å². The van der Waals surface area contributed by atoms with Gasteiger partial charge in [0.2, 0.25) is 6.29 Å². The van der Waals surface area contributed by atoms with Crippen LogP contribution in [0.5, 0.6) is 0 Å². The van der Waals surface area contributed by atoms with Gasteiger partial charge in [0.1, 0.15) is 0 Å². The summed E-state index contributed by atoms with van der Waals surface area (Å²) in [6.07, 6.45) is -6.67. The molecule has 1 aliphatic heterocycles. The minimum atomic E-state index is -5.04. The number of aliphatic hydroxyl groups excluding tert-OH is 1. The molecule has 7 heteroatoms. The smallest absolute Gasteiger partial charge is 0.429 e. The van der Waals surface area contributed by atoms with Crippen LogP contribution in [0.25, 0.3) is 0 Å². The maximum atomic E-state index is 11.8. The summed E-state index contributed by atoms with van der Waals surface area (Å²) in [5.74, 6) is -2.38. The van der Waals surface area contributed by atoms with Gasteiger partial charge >= 0.3 is 12.1 Å². The summed E-state index contributed by atoms with van der Waals surface area (Å²) in [4.78, 5) is 10.4. The first-order valence-corrected chi connectivity index (χ1v) is 4.58. The third-order valence-corrected chi connectivity index (χ3v) is 2.95. The lowest BCUT2D eigenvalue weighted by atomic mass is 10.3. The van der Waals surface area contributed by atoms with E-state index < -0.39 is 18.4 Å². The molecule has 2 aliphatic rings. The molecule has 2 N–H and O–H groups in total. The Balaban J connectivity index is 1.83. The zero-order chi connectivity index (χ0) is 11.2. The lowest BCUT2D eigenvalue weighted by Gasteiger charge is -2.14. The van der Waals surface area contributed by atoms with Crippen LogP contribution in [-0.4, -0.2) is 36.6 Å². The molecule has 3 atom stereocenters. The van der Waals surface area contributed by atoms with Crippen molar-refractivity contribution in [3.63, 3.8) is 0 Å². The van der Waals surface area contributed by atoms with E-state index in [0.717, 1.165) is 0 Å². The van der Waals surface area contributed by atoms with Crippen molar-refractivity contribution in [1.82, 2.24) is 5.32 Å². The molecule has 0 aromatic rings. The van der Waals surface area contributed by atoms with Crippen LogP contribution >= 0.6 is 0 Å². The van der Waals surface area contributed by atoms with Crippen molar-refractivity contribution in [2.45, 2.75) is 12.5 Å². The van der Waals surface area contributed by atoms with E-state index in [1.165, 1.54) is 0 Å². The van der Waals surface area contributed by atoms with E-state index >= 15 is 0 Å². The molecule has 0 spiro atoms. The highest BCUT2D eigenvalue weighted by Crippen LogP contribution is 2.51. The minimum Gasteiger partial charge on any atom is -0.429 e. The molecule has 0 aromatic carbocycles. The molecule has 4 nitrogen and oxygen atoms in total. The number of fused-ring (bicyclic) bond motifs is 1. The molecule has 1 heterocycles. The van der Waals surface area contributed by atoms with Crippen LogP contribution in [-0.2, 0) is 9.53 Å². The molecule has 86 valence electrons. The number of aliphatic hydroxyl groups is 1. The van der Waals surface area contributed by atoms with Gasteiger partial charge in [-0.15, -0.1) is 0 Å². The lowest BCUT2D eigenvalue weighted by Crippen LogP contribution is -2.33. The summed E-state index contributed by atoms with van der Waals surface area (Å²) in [5.41, 5.74) is 0. The van der Waals surface area contributed by atoms with Gasteiger partial charge in [0.25, 0.3) is 0 Å². The molecule has 1 saturated heterocycles. The van der Waals surface area contributed by atoms with E-state index in [1.807, 2.05) is 0 Å². The number of nitrogens with one attached hydrogen (secondary N) is 1. The Bertz CT molecular complexity index is 271. The first kappa shape index (κ1) is 10.7. The normalized spacial score (nSPS) is 35.9. The molecule has 0 aromatic heterocycles. The van der Waals surface area contributed by atoms with Gasteiger partial charge in [0, 0.05) is 5.92 Å². The van der Waals surface area contributed by atoms with Crippen molar-refractivity contribution < 1.29 is 27.8 Å². The first-order valence-electron chi connectivity index (χ1n) is 4.58. The predicted octanol–water partition coefficient (Wildman–Crippen LogP) is -0.124. The molecule has 0 amide bonds. The summed E-state index contributed by atoms with van der Waals surface area (Å²) in [6, 6.07) is 0. The first-order chi connectivity index (χ1) is 6.91. The maximum Gasteiger partial charge on any atom is 0.491 e. The highest BCUT2D eigenvalue weighted by atomic mass is 19.4. The Labute approximate surface area is 83.4 Å². The number of hydrogen-bond acceptors (Lipinski definition) is 4. The molecule has 2 rings (SSSR count). The number of alkyl halides is 3. The summed E-state index contributed by atoms with van der Waals surface area (Å²) in [6.45, 7) is 1.33. The van der Waals surface area contributed by atoms with E-state index in [2.05, 4.69) is 10.1 Å². The molecule has 1 aliphatic carbocycles. The Morgan fingerprint density at radius 1 is 1.40 bits per heavy atom. The lowest BCUT2D eigenvalue weighted by molar-refractivity contribution is -0.222. The Morgan fingerprint density at radius 3 is 2.40 bits per heavy atom. The van der Waals surface area contributed by atoms with Crippen LogP contribution in [0.3, 0.4) is 0 Å². The molecule has 0 radical (unpaired) electrons. The fourth-order valence-electron chi connectivity index (χ4n) is 2.14. The second kappa shape index (κ2) is 3.34. The number of halogens is 3. The van der Waals surface area contributed by atoms with Crippen molar-refractivity contribution in [2.24, 2.45) is 17.8 Å². The van der Waals surface area contributed by atoms with E-state index in [-0.39, 0.29) is 17.8 Å². The molecule has 1 saturated carbocycles. The number of hydrogen-bond donors (Lipinski definition) is 2. The van der Waals surface area contributed by atoms with E-state index in [1.54, 1.807) is 0 Å². The van der Waals surface area contributed by atoms with Gasteiger partial charge in [-0.1, -0.05) is 0 Å². The largest absolute Gasteiger partial charge is 0.491 e. The number of carbonyl (C=O) groups excluding carboxylic acids is 1. The molecule has 3 unspecified atom stereocenters. The number of rotatable bonds is 2. The monoisotopic (exact) mass is 225 g/mol. The van der Waals surface area contributed by atoms with Gasteiger partial charge in [0.05, 0.1) is 0 Å². The quantitative estimate of drug-likeness (QED) is 0.508. The standard InChI is InChI=1S/C8H10F3NO3/c9-8(10,11)7(14)15-6(13)5-3-1-12-2-4(3)5/h3-6,12-13H,1-2H2. The van der Waals surface area contributed by atoms with Crippen LogP contribution in [0.1, 0.15) is 0 Å². The second-order valence-electron chi connectivity index (χ2n) is 3.86. The Kier molecular flexibility index (Phi) is 2.38. The van der Waals surface area contributed by atoms with Crippen molar-refractivity contribution >= 4 is 5.97 Å². The fourth-order valence-corrected chi connectivity index (χ4v) is 2.14. The average Bonchev–Trinajstić information content (AvgIpc) is 2.59. The van der Waals surface area contributed by atoms with Crippen molar-refractivity contribution in [3.8, 4) is 0 Å². The van der Waals surface area contributed by atoms with Crippen LogP contribution in [0.15, 0.2) is 0 Å². The minimum absolute atomic E-state index is 0.140.